The molecule has 0 radical (unpaired) electrons. The average Bonchev–Trinajstić information content (AvgIpc) is 2.80. The average molecular weight is 247 g/mol. The molecule has 2 aromatic heterocycles. The minimum Gasteiger partial charge on any atom is -0.382 e. The van der Waals surface area contributed by atoms with Gasteiger partial charge in [-0.25, -0.2) is 0 Å². The van der Waals surface area contributed by atoms with E-state index in [1.807, 2.05) is 31.2 Å². The number of nitrogens with zero attached hydrogens (tertiary/aromatic N) is 1. The quantitative estimate of drug-likeness (QED) is 0.617. The molecule has 4 nitrogen and oxygen atoms in total. The standard InChI is InChI=1S/C12H11ClN4/c1-6-12(10-5-11(14)17-16-10)8-3-2-7(13)4-9(8)15-6/h2-5,15H,1H3,(H3,14,16,17). The number of nitrogen functional groups attached to an aromatic ring is 1. The van der Waals surface area contributed by atoms with Gasteiger partial charge in [0.25, 0.3) is 0 Å². The van der Waals surface area contributed by atoms with Crippen LogP contribution in [0.3, 0.4) is 0 Å². The Morgan fingerprint density at radius 2 is 2.12 bits per heavy atom. The third kappa shape index (κ3) is 1.57. The Balaban J connectivity index is 2.32. The summed E-state index contributed by atoms with van der Waals surface area (Å²) in [4.78, 5) is 3.30. The van der Waals surface area contributed by atoms with E-state index in [-0.39, 0.29) is 0 Å². The van der Waals surface area contributed by atoms with E-state index < -0.39 is 0 Å². The summed E-state index contributed by atoms with van der Waals surface area (Å²) < 4.78 is 0. The maximum atomic E-state index is 5.97. The first-order chi connectivity index (χ1) is 8.15. The molecule has 4 N–H and O–H groups in total. The van der Waals surface area contributed by atoms with Crippen molar-refractivity contribution >= 4 is 28.3 Å². The maximum absolute atomic E-state index is 5.97. The number of aromatic nitrogens is 3. The molecule has 3 aromatic rings. The molecule has 5 heteroatoms. The largest absolute Gasteiger partial charge is 0.382 e. The molecule has 0 spiro atoms. The Morgan fingerprint density at radius 3 is 2.82 bits per heavy atom. The van der Waals surface area contributed by atoms with Crippen molar-refractivity contribution in [3.63, 3.8) is 0 Å². The van der Waals surface area contributed by atoms with Gasteiger partial charge in [0, 0.05) is 33.2 Å². The first-order valence-corrected chi connectivity index (χ1v) is 5.62. The van der Waals surface area contributed by atoms with Gasteiger partial charge in [-0.15, -0.1) is 0 Å². The van der Waals surface area contributed by atoms with Crippen LogP contribution in [0.4, 0.5) is 5.82 Å². The van der Waals surface area contributed by atoms with E-state index in [9.17, 15) is 0 Å². The van der Waals surface area contributed by atoms with Crippen LogP contribution >= 0.6 is 11.6 Å². The summed E-state index contributed by atoms with van der Waals surface area (Å²) in [6, 6.07) is 7.60. The lowest BCUT2D eigenvalue weighted by atomic mass is 10.1. The molecular weight excluding hydrogens is 236 g/mol. The van der Waals surface area contributed by atoms with Gasteiger partial charge in [0.2, 0.25) is 0 Å². The van der Waals surface area contributed by atoms with Gasteiger partial charge >= 0.3 is 0 Å². The highest BCUT2D eigenvalue weighted by atomic mass is 35.5. The number of halogens is 1. The molecule has 3 rings (SSSR count). The fraction of sp³-hybridized carbons (Fsp3) is 0.0833. The second kappa shape index (κ2) is 3.53. The molecule has 0 saturated carbocycles. The lowest BCUT2D eigenvalue weighted by Crippen LogP contribution is -1.81. The summed E-state index contributed by atoms with van der Waals surface area (Å²) in [6.45, 7) is 2.01. The van der Waals surface area contributed by atoms with Crippen molar-refractivity contribution in [2.75, 3.05) is 5.73 Å². The smallest absolute Gasteiger partial charge is 0.145 e. The van der Waals surface area contributed by atoms with E-state index in [4.69, 9.17) is 17.3 Å². The van der Waals surface area contributed by atoms with Gasteiger partial charge in [0.15, 0.2) is 0 Å². The van der Waals surface area contributed by atoms with Gasteiger partial charge in [-0.05, 0) is 19.1 Å². The third-order valence-corrected chi connectivity index (χ3v) is 3.05. The first-order valence-electron chi connectivity index (χ1n) is 5.24. The number of rotatable bonds is 1. The van der Waals surface area contributed by atoms with E-state index >= 15 is 0 Å². The van der Waals surface area contributed by atoms with E-state index in [1.54, 1.807) is 0 Å². The Morgan fingerprint density at radius 1 is 1.29 bits per heavy atom. The SMILES string of the molecule is Cc1[nH]c2cc(Cl)ccc2c1-c1cc(N)n[nH]1. The van der Waals surface area contributed by atoms with Crippen molar-refractivity contribution in [3.05, 3.63) is 35.0 Å². The lowest BCUT2D eigenvalue weighted by Gasteiger charge is -1.97. The predicted octanol–water partition coefficient (Wildman–Crippen LogP) is 3.10. The number of nitrogens with two attached hydrogens (primary N) is 1. The van der Waals surface area contributed by atoms with Crippen LogP contribution < -0.4 is 5.73 Å². The van der Waals surface area contributed by atoms with Gasteiger partial charge in [0.1, 0.15) is 5.82 Å². The zero-order valence-corrected chi connectivity index (χ0v) is 9.97. The third-order valence-electron chi connectivity index (χ3n) is 2.82. The maximum Gasteiger partial charge on any atom is 0.145 e. The molecule has 17 heavy (non-hydrogen) atoms. The molecular formula is C12H11ClN4. The van der Waals surface area contributed by atoms with Crippen LogP contribution in [0.5, 0.6) is 0 Å². The van der Waals surface area contributed by atoms with Gasteiger partial charge in [0.05, 0.1) is 5.69 Å². The number of anilines is 1. The molecule has 2 heterocycles. The molecule has 1 aromatic carbocycles. The van der Waals surface area contributed by atoms with Crippen LogP contribution in [-0.4, -0.2) is 15.2 Å². The predicted molar refractivity (Wildman–Crippen MR) is 70.0 cm³/mol. The monoisotopic (exact) mass is 246 g/mol. The fourth-order valence-electron chi connectivity index (χ4n) is 2.12. The summed E-state index contributed by atoms with van der Waals surface area (Å²) in [5.41, 5.74) is 9.70. The second-order valence-electron chi connectivity index (χ2n) is 4.02. The van der Waals surface area contributed by atoms with Crippen LogP contribution in [0.15, 0.2) is 24.3 Å². The summed E-state index contributed by atoms with van der Waals surface area (Å²) in [5.74, 6) is 0.489. The van der Waals surface area contributed by atoms with Gasteiger partial charge in [-0.3, -0.25) is 5.10 Å². The Hall–Kier alpha value is -1.94. The molecule has 0 aliphatic heterocycles. The number of nitrogens with one attached hydrogen (secondary N) is 2. The number of H-pyrrole nitrogens is 2. The lowest BCUT2D eigenvalue weighted by molar-refractivity contribution is 1.10. The zero-order valence-electron chi connectivity index (χ0n) is 9.21. The molecule has 86 valence electrons. The number of aryl methyl sites for hydroxylation is 1. The minimum absolute atomic E-state index is 0.489. The number of aromatic amines is 2. The van der Waals surface area contributed by atoms with Gasteiger partial charge in [-0.1, -0.05) is 17.7 Å². The van der Waals surface area contributed by atoms with Crippen molar-refractivity contribution in [3.8, 4) is 11.3 Å². The Kier molecular flexibility index (Phi) is 2.12. The molecule has 0 atom stereocenters. The van der Waals surface area contributed by atoms with Crippen LogP contribution in [0.1, 0.15) is 5.69 Å². The Labute approximate surface area is 103 Å². The summed E-state index contributed by atoms with van der Waals surface area (Å²) in [6.07, 6.45) is 0. The van der Waals surface area contributed by atoms with Crippen LogP contribution in [0.25, 0.3) is 22.2 Å². The normalized spacial score (nSPS) is 11.2. The highest BCUT2D eigenvalue weighted by Crippen LogP contribution is 2.32. The molecule has 0 saturated heterocycles. The molecule has 0 aliphatic carbocycles. The van der Waals surface area contributed by atoms with Crippen molar-refractivity contribution in [2.45, 2.75) is 6.92 Å². The molecule has 0 unspecified atom stereocenters. The van der Waals surface area contributed by atoms with Crippen molar-refractivity contribution in [1.29, 1.82) is 0 Å². The topological polar surface area (TPSA) is 70.5 Å². The highest BCUT2D eigenvalue weighted by molar-refractivity contribution is 6.31. The van der Waals surface area contributed by atoms with Crippen molar-refractivity contribution in [1.82, 2.24) is 15.2 Å². The number of hydrogen-bond acceptors (Lipinski definition) is 2. The molecule has 0 amide bonds. The molecule has 0 bridgehead atoms. The highest BCUT2D eigenvalue weighted by Gasteiger charge is 2.12. The zero-order chi connectivity index (χ0) is 12.0. The van der Waals surface area contributed by atoms with E-state index in [0.717, 1.165) is 32.9 Å². The number of benzene rings is 1. The van der Waals surface area contributed by atoms with Gasteiger partial charge < -0.3 is 10.7 Å². The second-order valence-corrected chi connectivity index (χ2v) is 4.46. The van der Waals surface area contributed by atoms with E-state index in [0.29, 0.717) is 5.82 Å². The van der Waals surface area contributed by atoms with Crippen LogP contribution in [0, 0.1) is 6.92 Å². The number of fused-ring (bicyclic) bond motifs is 1. The van der Waals surface area contributed by atoms with Crippen molar-refractivity contribution < 1.29 is 0 Å². The fourth-order valence-corrected chi connectivity index (χ4v) is 2.29. The van der Waals surface area contributed by atoms with Crippen LogP contribution in [-0.2, 0) is 0 Å². The number of hydrogen-bond donors (Lipinski definition) is 3. The summed E-state index contributed by atoms with van der Waals surface area (Å²) >= 11 is 5.97. The Bertz CT molecular complexity index is 696. The summed E-state index contributed by atoms with van der Waals surface area (Å²) in [5, 5.41) is 8.70. The van der Waals surface area contributed by atoms with E-state index in [1.165, 1.54) is 0 Å². The van der Waals surface area contributed by atoms with Crippen LogP contribution in [0.2, 0.25) is 5.02 Å². The minimum atomic E-state index is 0.489. The van der Waals surface area contributed by atoms with Crippen molar-refractivity contribution in [2.24, 2.45) is 0 Å². The molecule has 0 fully saturated rings. The molecule has 0 aliphatic rings. The van der Waals surface area contributed by atoms with Gasteiger partial charge in [-0.2, -0.15) is 5.10 Å². The summed E-state index contributed by atoms with van der Waals surface area (Å²) in [7, 11) is 0. The first kappa shape index (κ1) is 10.2. The van der Waals surface area contributed by atoms with E-state index in [2.05, 4.69) is 15.2 Å².